The van der Waals surface area contributed by atoms with Gasteiger partial charge >= 0.3 is 5.69 Å². The number of halogens is 1. The van der Waals surface area contributed by atoms with Crippen LogP contribution in [-0.4, -0.2) is 40.5 Å². The largest absolute Gasteiger partial charge is 0.491 e. The van der Waals surface area contributed by atoms with E-state index in [0.717, 1.165) is 12.8 Å². The Labute approximate surface area is 168 Å². The molecule has 8 nitrogen and oxygen atoms in total. The minimum absolute atomic E-state index is 0.0425. The van der Waals surface area contributed by atoms with Crippen LogP contribution in [0.15, 0.2) is 33.9 Å². The van der Waals surface area contributed by atoms with Crippen molar-refractivity contribution < 1.29 is 14.2 Å². The maximum atomic E-state index is 13.0. The van der Waals surface area contributed by atoms with E-state index in [1.54, 1.807) is 4.90 Å². The summed E-state index contributed by atoms with van der Waals surface area (Å²) >= 11 is 0. The van der Waals surface area contributed by atoms with Crippen LogP contribution in [-0.2, 0) is 6.54 Å². The number of nitrogens with two attached hydrogens (primary N) is 1. The van der Waals surface area contributed by atoms with Gasteiger partial charge in [0.1, 0.15) is 35.8 Å². The van der Waals surface area contributed by atoms with E-state index in [0.29, 0.717) is 25.3 Å². The number of ether oxygens (including phenoxy) is 1. The lowest BCUT2D eigenvalue weighted by Gasteiger charge is -2.28. The van der Waals surface area contributed by atoms with E-state index < -0.39 is 17.4 Å². The normalized spacial score (nSPS) is 12.0. The van der Waals surface area contributed by atoms with Gasteiger partial charge in [-0.2, -0.15) is 0 Å². The molecule has 29 heavy (non-hydrogen) atoms. The molecule has 1 aromatic heterocycles. The molecule has 1 unspecified atom stereocenters. The summed E-state index contributed by atoms with van der Waals surface area (Å²) in [5.41, 5.74) is 5.21. The fourth-order valence-electron chi connectivity index (χ4n) is 3.02. The molecule has 1 aromatic carbocycles. The van der Waals surface area contributed by atoms with E-state index in [4.69, 9.17) is 10.5 Å². The number of aliphatic hydroxyl groups is 1. The molecule has 0 radical (unpaired) electrons. The van der Waals surface area contributed by atoms with Crippen LogP contribution < -0.4 is 26.6 Å². The van der Waals surface area contributed by atoms with Crippen molar-refractivity contribution in [2.75, 3.05) is 30.3 Å². The molecule has 0 aliphatic heterocycles. The minimum atomic E-state index is -0.929. The standard InChI is InChI=1S/C20H29FN4O4/c1-3-5-11-25-18(22)17(19(27)23-20(25)28)24(10-4-2)12-15(26)13-29-16-8-6-14(21)7-9-16/h6-9,15,26H,3-5,10-13,22H2,1-2H3,(H,23,27,28). The monoisotopic (exact) mass is 408 g/mol. The number of benzene rings is 1. The number of nitrogens with one attached hydrogen (secondary N) is 1. The zero-order valence-electron chi connectivity index (χ0n) is 16.9. The molecule has 0 saturated carbocycles. The number of aromatic nitrogens is 2. The first kappa shape index (κ1) is 22.5. The fourth-order valence-corrected chi connectivity index (χ4v) is 3.02. The van der Waals surface area contributed by atoms with Crippen molar-refractivity contribution in [2.24, 2.45) is 0 Å². The quantitative estimate of drug-likeness (QED) is 0.522. The maximum Gasteiger partial charge on any atom is 0.330 e. The molecule has 4 N–H and O–H groups in total. The summed E-state index contributed by atoms with van der Waals surface area (Å²) < 4.78 is 19.8. The van der Waals surface area contributed by atoms with Crippen LogP contribution in [0.5, 0.6) is 5.75 Å². The summed E-state index contributed by atoms with van der Waals surface area (Å²) in [4.78, 5) is 28.6. The molecule has 0 amide bonds. The lowest BCUT2D eigenvalue weighted by molar-refractivity contribution is 0.112. The lowest BCUT2D eigenvalue weighted by Crippen LogP contribution is -2.42. The molecular weight excluding hydrogens is 379 g/mol. The highest BCUT2D eigenvalue weighted by Gasteiger charge is 2.21. The molecule has 9 heteroatoms. The highest BCUT2D eigenvalue weighted by atomic mass is 19.1. The average molecular weight is 408 g/mol. The number of aliphatic hydroxyl groups excluding tert-OH is 1. The van der Waals surface area contributed by atoms with E-state index >= 15 is 0 Å². The van der Waals surface area contributed by atoms with Crippen molar-refractivity contribution in [2.45, 2.75) is 45.8 Å². The van der Waals surface area contributed by atoms with Gasteiger partial charge in [0.15, 0.2) is 0 Å². The van der Waals surface area contributed by atoms with Crippen LogP contribution in [0.1, 0.15) is 33.1 Å². The molecule has 0 fully saturated rings. The number of nitrogen functional groups attached to an aromatic ring is 1. The number of rotatable bonds is 11. The second-order valence-electron chi connectivity index (χ2n) is 6.86. The van der Waals surface area contributed by atoms with E-state index in [9.17, 15) is 19.1 Å². The summed E-state index contributed by atoms with van der Waals surface area (Å²) in [7, 11) is 0. The van der Waals surface area contributed by atoms with Crippen LogP contribution >= 0.6 is 0 Å². The Bertz CT molecular complexity index is 895. The number of nitrogens with zero attached hydrogens (tertiary/aromatic N) is 2. The number of H-pyrrole nitrogens is 1. The Balaban J connectivity index is 2.18. The molecule has 0 aliphatic rings. The summed E-state index contributed by atoms with van der Waals surface area (Å²) in [5.74, 6) is 0.144. The molecule has 0 saturated heterocycles. The summed E-state index contributed by atoms with van der Waals surface area (Å²) in [6.07, 6.45) is 1.40. The first-order valence-corrected chi connectivity index (χ1v) is 9.81. The van der Waals surface area contributed by atoms with Crippen molar-refractivity contribution in [1.82, 2.24) is 9.55 Å². The third-order valence-corrected chi connectivity index (χ3v) is 4.45. The van der Waals surface area contributed by atoms with Gasteiger partial charge in [0.25, 0.3) is 5.56 Å². The Morgan fingerprint density at radius 3 is 2.55 bits per heavy atom. The SMILES string of the molecule is CCCCn1c(N)c(N(CCC)CC(O)COc2ccc(F)cc2)c(=O)[nH]c1=O. The molecule has 2 aromatic rings. The molecule has 160 valence electrons. The topological polar surface area (TPSA) is 114 Å². The highest BCUT2D eigenvalue weighted by molar-refractivity contribution is 5.62. The number of hydrogen-bond acceptors (Lipinski definition) is 6. The van der Waals surface area contributed by atoms with Crippen LogP contribution in [0, 0.1) is 5.82 Å². The zero-order chi connectivity index (χ0) is 21.4. The Kier molecular flexibility index (Phi) is 8.26. The lowest BCUT2D eigenvalue weighted by atomic mass is 10.2. The van der Waals surface area contributed by atoms with Gasteiger partial charge in [-0.15, -0.1) is 0 Å². The zero-order valence-corrected chi connectivity index (χ0v) is 16.9. The number of aromatic amines is 1. The van der Waals surface area contributed by atoms with Crippen LogP contribution in [0.2, 0.25) is 0 Å². The third kappa shape index (κ3) is 6.08. The highest BCUT2D eigenvalue weighted by Crippen LogP contribution is 2.18. The van der Waals surface area contributed by atoms with E-state index in [1.807, 2.05) is 13.8 Å². The number of unbranched alkanes of at least 4 members (excludes halogenated alkanes) is 1. The Hall–Kier alpha value is -2.81. The predicted molar refractivity (Wildman–Crippen MR) is 111 cm³/mol. The van der Waals surface area contributed by atoms with Crippen molar-refractivity contribution in [1.29, 1.82) is 0 Å². The summed E-state index contributed by atoms with van der Waals surface area (Å²) in [5, 5.41) is 10.4. The van der Waals surface area contributed by atoms with Gasteiger partial charge in [0, 0.05) is 19.6 Å². The third-order valence-electron chi connectivity index (χ3n) is 4.45. The fraction of sp³-hybridized carbons (Fsp3) is 0.500. The summed E-state index contributed by atoms with van der Waals surface area (Å²) in [6.45, 7) is 4.85. The second kappa shape index (κ2) is 10.7. The van der Waals surface area contributed by atoms with Gasteiger partial charge in [0.2, 0.25) is 0 Å². The van der Waals surface area contributed by atoms with Crippen molar-refractivity contribution >= 4 is 11.5 Å². The minimum Gasteiger partial charge on any atom is -0.491 e. The van der Waals surface area contributed by atoms with E-state index in [2.05, 4.69) is 4.98 Å². The molecule has 0 spiro atoms. The van der Waals surface area contributed by atoms with Crippen LogP contribution in [0.4, 0.5) is 15.9 Å². The second-order valence-corrected chi connectivity index (χ2v) is 6.86. The molecule has 2 rings (SSSR count). The van der Waals surface area contributed by atoms with Crippen LogP contribution in [0.3, 0.4) is 0 Å². The maximum absolute atomic E-state index is 13.0. The average Bonchev–Trinajstić information content (AvgIpc) is 2.67. The summed E-state index contributed by atoms with van der Waals surface area (Å²) in [6, 6.07) is 5.48. The molecule has 0 bridgehead atoms. The molecule has 0 aliphatic carbocycles. The molecular formula is C20H29FN4O4. The van der Waals surface area contributed by atoms with Gasteiger partial charge in [0.05, 0.1) is 0 Å². The van der Waals surface area contributed by atoms with Crippen LogP contribution in [0.25, 0.3) is 0 Å². The predicted octanol–water partition coefficient (Wildman–Crippen LogP) is 1.71. The number of hydrogen-bond donors (Lipinski definition) is 3. The Morgan fingerprint density at radius 1 is 1.24 bits per heavy atom. The van der Waals surface area contributed by atoms with Crippen molar-refractivity contribution in [3.05, 3.63) is 50.9 Å². The van der Waals surface area contributed by atoms with E-state index in [-0.39, 0.29) is 30.5 Å². The van der Waals surface area contributed by atoms with Gasteiger partial charge in [-0.25, -0.2) is 9.18 Å². The van der Waals surface area contributed by atoms with Crippen molar-refractivity contribution in [3.63, 3.8) is 0 Å². The smallest absolute Gasteiger partial charge is 0.330 e. The van der Waals surface area contributed by atoms with Gasteiger partial charge in [-0.1, -0.05) is 20.3 Å². The van der Waals surface area contributed by atoms with Gasteiger partial charge in [-0.05, 0) is 37.1 Å². The Morgan fingerprint density at radius 2 is 1.93 bits per heavy atom. The first-order chi connectivity index (χ1) is 13.9. The molecule has 1 heterocycles. The van der Waals surface area contributed by atoms with Gasteiger partial charge in [-0.3, -0.25) is 14.3 Å². The van der Waals surface area contributed by atoms with Gasteiger partial charge < -0.3 is 20.5 Å². The molecule has 1 atom stereocenters. The van der Waals surface area contributed by atoms with E-state index in [1.165, 1.54) is 28.8 Å². The van der Waals surface area contributed by atoms with Crippen molar-refractivity contribution in [3.8, 4) is 5.75 Å². The first-order valence-electron chi connectivity index (χ1n) is 9.81. The number of anilines is 2.